The molecule has 1 rings (SSSR count). The molecule has 13 heavy (non-hydrogen) atoms. The highest BCUT2D eigenvalue weighted by Gasteiger charge is 2.06. The summed E-state index contributed by atoms with van der Waals surface area (Å²) in [6, 6.07) is 0. The van der Waals surface area contributed by atoms with Crippen LogP contribution in [0.25, 0.3) is 0 Å². The lowest BCUT2D eigenvalue weighted by molar-refractivity contribution is -0.204. The first-order valence-corrected chi connectivity index (χ1v) is 4.97. The van der Waals surface area contributed by atoms with Crippen LogP contribution in [-0.2, 0) is 14.3 Å². The molecule has 78 valence electrons. The first kappa shape index (κ1) is 10.9. The molecule has 0 radical (unpaired) electrons. The number of nitrogens with zero attached hydrogens (tertiary/aromatic N) is 1. The Hall–Kier alpha value is -0.160. The lowest BCUT2D eigenvalue weighted by atomic mass is 10.3. The minimum atomic E-state index is 0.559. The minimum absolute atomic E-state index is 0.559. The van der Waals surface area contributed by atoms with Crippen LogP contribution in [0.15, 0.2) is 0 Å². The summed E-state index contributed by atoms with van der Waals surface area (Å²) in [5.74, 6) is 0. The second-order valence-corrected chi connectivity index (χ2v) is 3.04. The van der Waals surface area contributed by atoms with Gasteiger partial charge >= 0.3 is 0 Å². The first-order chi connectivity index (χ1) is 6.43. The quantitative estimate of drug-likeness (QED) is 0.663. The van der Waals surface area contributed by atoms with E-state index >= 15 is 0 Å². The summed E-state index contributed by atoms with van der Waals surface area (Å²) < 4.78 is 10.6. The van der Waals surface area contributed by atoms with Gasteiger partial charge < -0.3 is 9.47 Å². The van der Waals surface area contributed by atoms with Crippen LogP contribution in [0.3, 0.4) is 0 Å². The lowest BCUT2D eigenvalue weighted by Gasteiger charge is -2.19. The van der Waals surface area contributed by atoms with Crippen molar-refractivity contribution in [2.75, 3.05) is 39.7 Å². The molecular weight excluding hydrogens is 170 g/mol. The van der Waals surface area contributed by atoms with Gasteiger partial charge in [-0.05, 0) is 6.42 Å². The van der Waals surface area contributed by atoms with Crippen LogP contribution in [-0.4, -0.2) is 44.8 Å². The van der Waals surface area contributed by atoms with Gasteiger partial charge in [0.15, 0.2) is 0 Å². The van der Waals surface area contributed by atoms with E-state index in [9.17, 15) is 0 Å². The maximum absolute atomic E-state index is 5.45. The smallest absolute Gasteiger partial charge is 0.122 e. The van der Waals surface area contributed by atoms with Crippen molar-refractivity contribution >= 4 is 0 Å². The highest BCUT2D eigenvalue weighted by atomic mass is 16.7. The molecule has 0 amide bonds. The topological polar surface area (TPSA) is 30.9 Å². The van der Waals surface area contributed by atoms with Crippen molar-refractivity contribution < 1.29 is 14.3 Å². The Labute approximate surface area is 79.7 Å². The van der Waals surface area contributed by atoms with Crippen molar-refractivity contribution in [2.45, 2.75) is 19.8 Å². The third kappa shape index (κ3) is 5.21. The number of ether oxygens (including phenoxy) is 2. The monoisotopic (exact) mass is 189 g/mol. The average Bonchev–Trinajstić information content (AvgIpc) is 2.28. The number of hydrogen-bond donors (Lipinski definition) is 0. The van der Waals surface area contributed by atoms with Crippen LogP contribution < -0.4 is 0 Å². The van der Waals surface area contributed by atoms with Crippen molar-refractivity contribution in [1.82, 2.24) is 5.06 Å². The van der Waals surface area contributed by atoms with E-state index in [4.69, 9.17) is 14.3 Å². The van der Waals surface area contributed by atoms with Gasteiger partial charge in [0, 0.05) is 6.54 Å². The Kier molecular flexibility index (Phi) is 6.10. The maximum Gasteiger partial charge on any atom is 0.122 e. The molecule has 0 spiro atoms. The summed E-state index contributed by atoms with van der Waals surface area (Å²) in [4.78, 5) is 5.45. The number of hydrogen-bond acceptors (Lipinski definition) is 4. The summed E-state index contributed by atoms with van der Waals surface area (Å²) in [6.07, 6.45) is 2.32. The lowest BCUT2D eigenvalue weighted by Crippen LogP contribution is -2.28. The van der Waals surface area contributed by atoms with E-state index in [0.717, 1.165) is 13.0 Å². The molecule has 1 aliphatic heterocycles. The molecule has 1 aliphatic rings. The van der Waals surface area contributed by atoms with Crippen LogP contribution in [0.2, 0.25) is 0 Å². The summed E-state index contributed by atoms with van der Waals surface area (Å²) in [7, 11) is 0. The molecule has 1 saturated heterocycles. The summed E-state index contributed by atoms with van der Waals surface area (Å²) in [6.45, 7) is 6.29. The van der Waals surface area contributed by atoms with Crippen LogP contribution in [0.1, 0.15) is 19.8 Å². The summed E-state index contributed by atoms with van der Waals surface area (Å²) in [5, 5.41) is 1.87. The Morgan fingerprint density at radius 2 is 1.85 bits per heavy atom. The van der Waals surface area contributed by atoms with E-state index in [1.54, 1.807) is 0 Å². The summed E-state index contributed by atoms with van der Waals surface area (Å²) >= 11 is 0. The van der Waals surface area contributed by atoms with Gasteiger partial charge in [-0.1, -0.05) is 13.3 Å². The van der Waals surface area contributed by atoms with Crippen LogP contribution in [0.5, 0.6) is 0 Å². The van der Waals surface area contributed by atoms with Gasteiger partial charge in [0.25, 0.3) is 0 Å². The predicted molar refractivity (Wildman–Crippen MR) is 49.2 cm³/mol. The largest absolute Gasteiger partial charge is 0.377 e. The van der Waals surface area contributed by atoms with Gasteiger partial charge in [-0.15, -0.1) is 0 Å². The zero-order chi connectivity index (χ0) is 9.36. The molecule has 1 fully saturated rings. The van der Waals surface area contributed by atoms with Crippen LogP contribution in [0.4, 0.5) is 0 Å². The van der Waals surface area contributed by atoms with Gasteiger partial charge in [-0.2, -0.15) is 5.06 Å². The Balaban J connectivity index is 2.16. The van der Waals surface area contributed by atoms with E-state index in [0.29, 0.717) is 33.2 Å². The Bertz CT molecular complexity index is 111. The molecular formula is C9H19NO3. The van der Waals surface area contributed by atoms with Gasteiger partial charge in [0.1, 0.15) is 6.73 Å². The van der Waals surface area contributed by atoms with E-state index in [2.05, 4.69) is 6.92 Å². The molecule has 0 aromatic carbocycles. The number of rotatable bonds is 3. The Morgan fingerprint density at radius 1 is 1.08 bits per heavy atom. The number of hydroxylamine groups is 2. The molecule has 0 atom stereocenters. The normalized spacial score (nSPS) is 21.9. The third-order valence-electron chi connectivity index (χ3n) is 1.87. The van der Waals surface area contributed by atoms with Gasteiger partial charge in [0.2, 0.25) is 0 Å². The third-order valence-corrected chi connectivity index (χ3v) is 1.87. The maximum atomic E-state index is 5.45. The highest BCUT2D eigenvalue weighted by molar-refractivity contribution is 4.43. The van der Waals surface area contributed by atoms with Crippen molar-refractivity contribution in [3.05, 3.63) is 0 Å². The van der Waals surface area contributed by atoms with Crippen molar-refractivity contribution in [1.29, 1.82) is 0 Å². The molecule has 0 aliphatic carbocycles. The SMILES string of the molecule is CCCCN1COCCOCCO1. The first-order valence-electron chi connectivity index (χ1n) is 4.97. The van der Waals surface area contributed by atoms with E-state index in [1.807, 2.05) is 5.06 Å². The zero-order valence-corrected chi connectivity index (χ0v) is 8.33. The molecule has 4 heteroatoms. The van der Waals surface area contributed by atoms with E-state index in [1.165, 1.54) is 6.42 Å². The molecule has 4 nitrogen and oxygen atoms in total. The van der Waals surface area contributed by atoms with Gasteiger partial charge in [-0.3, -0.25) is 4.84 Å². The molecule has 0 N–H and O–H groups in total. The fourth-order valence-corrected chi connectivity index (χ4v) is 1.11. The molecule has 1 heterocycles. The molecule has 0 bridgehead atoms. The second-order valence-electron chi connectivity index (χ2n) is 3.04. The minimum Gasteiger partial charge on any atom is -0.377 e. The average molecular weight is 189 g/mol. The van der Waals surface area contributed by atoms with Gasteiger partial charge in [0.05, 0.1) is 26.4 Å². The van der Waals surface area contributed by atoms with Crippen molar-refractivity contribution in [3.8, 4) is 0 Å². The molecule has 0 aromatic rings. The summed E-state index contributed by atoms with van der Waals surface area (Å²) in [5.41, 5.74) is 0. The highest BCUT2D eigenvalue weighted by Crippen LogP contribution is 1.98. The number of unbranched alkanes of at least 4 members (excludes halogenated alkanes) is 1. The standard InChI is InChI=1S/C9H19NO3/c1-2-3-4-10-9-12-6-5-11-7-8-13-10/h2-9H2,1H3. The second kappa shape index (κ2) is 7.26. The van der Waals surface area contributed by atoms with Crippen LogP contribution >= 0.6 is 0 Å². The molecule has 0 aromatic heterocycles. The van der Waals surface area contributed by atoms with E-state index in [-0.39, 0.29) is 0 Å². The van der Waals surface area contributed by atoms with E-state index < -0.39 is 0 Å². The fourth-order valence-electron chi connectivity index (χ4n) is 1.11. The molecule has 0 unspecified atom stereocenters. The van der Waals surface area contributed by atoms with Crippen molar-refractivity contribution in [2.24, 2.45) is 0 Å². The zero-order valence-electron chi connectivity index (χ0n) is 8.33. The molecule has 0 saturated carbocycles. The Morgan fingerprint density at radius 3 is 2.69 bits per heavy atom. The predicted octanol–water partition coefficient (Wildman–Crippen LogP) is 1.02. The fraction of sp³-hybridized carbons (Fsp3) is 1.00. The van der Waals surface area contributed by atoms with Crippen molar-refractivity contribution in [3.63, 3.8) is 0 Å². The van der Waals surface area contributed by atoms with Crippen LogP contribution in [0, 0.1) is 0 Å². The van der Waals surface area contributed by atoms with Gasteiger partial charge in [-0.25, -0.2) is 0 Å².